The van der Waals surface area contributed by atoms with Gasteiger partial charge in [0, 0.05) is 6.54 Å². The summed E-state index contributed by atoms with van der Waals surface area (Å²) in [6.07, 6.45) is 0.473. The van der Waals surface area contributed by atoms with Crippen molar-refractivity contribution >= 4 is 5.91 Å². The minimum absolute atomic E-state index is 0.0281. The first-order chi connectivity index (χ1) is 9.56. The molecule has 1 aromatic carbocycles. The van der Waals surface area contributed by atoms with Crippen molar-refractivity contribution in [1.82, 2.24) is 5.32 Å². The van der Waals surface area contributed by atoms with Gasteiger partial charge in [0.2, 0.25) is 0 Å². The van der Waals surface area contributed by atoms with Gasteiger partial charge in [-0.2, -0.15) is 8.78 Å². The molecule has 0 heterocycles. The van der Waals surface area contributed by atoms with Gasteiger partial charge in [-0.1, -0.05) is 12.0 Å². The normalized spacial score (nSPS) is 9.65. The zero-order valence-corrected chi connectivity index (χ0v) is 11.2. The predicted molar refractivity (Wildman–Crippen MR) is 69.8 cm³/mol. The Kier molecular flexibility index (Phi) is 6.30. The lowest BCUT2D eigenvalue weighted by atomic mass is 10.1. The summed E-state index contributed by atoms with van der Waals surface area (Å²) in [5.74, 6) is 4.66. The van der Waals surface area contributed by atoms with Crippen molar-refractivity contribution in [3.8, 4) is 23.3 Å². The molecule has 0 bridgehead atoms. The van der Waals surface area contributed by atoms with E-state index in [-0.39, 0.29) is 17.4 Å². The summed E-state index contributed by atoms with van der Waals surface area (Å²) in [5.41, 5.74) is 0.742. The van der Waals surface area contributed by atoms with Crippen molar-refractivity contribution in [3.63, 3.8) is 0 Å². The molecule has 0 aliphatic carbocycles. The maximum absolute atomic E-state index is 12.3. The van der Waals surface area contributed by atoms with Gasteiger partial charge in [-0.05, 0) is 37.0 Å². The van der Waals surface area contributed by atoms with Gasteiger partial charge in [0.05, 0.1) is 7.11 Å². The molecule has 0 saturated carbocycles. The lowest BCUT2D eigenvalue weighted by Gasteiger charge is -2.11. The molecule has 6 heteroatoms. The van der Waals surface area contributed by atoms with Gasteiger partial charge in [-0.25, -0.2) is 0 Å². The van der Waals surface area contributed by atoms with Gasteiger partial charge in [0.25, 0.3) is 5.91 Å². The number of carbonyl (C=O) groups is 1. The molecule has 0 saturated heterocycles. The van der Waals surface area contributed by atoms with Gasteiger partial charge in [-0.15, -0.1) is 0 Å². The number of ether oxygens (including phenoxy) is 2. The molecule has 0 fully saturated rings. The van der Waals surface area contributed by atoms with E-state index in [0.29, 0.717) is 13.0 Å². The Bertz CT molecular complexity index is 521. The molecular weight excluding hydrogens is 268 g/mol. The predicted octanol–water partition coefficient (Wildman–Crippen LogP) is 1.98. The zero-order valence-electron chi connectivity index (χ0n) is 11.2. The molecule has 108 valence electrons. The number of nitrogens with one attached hydrogen (secondary N) is 1. The summed E-state index contributed by atoms with van der Waals surface area (Å²) in [5, 5.41) is 2.59. The van der Waals surface area contributed by atoms with E-state index in [1.807, 2.05) is 0 Å². The minimum atomic E-state index is -2.92. The van der Waals surface area contributed by atoms with Crippen molar-refractivity contribution in [2.75, 3.05) is 13.7 Å². The second-order valence-corrected chi connectivity index (χ2v) is 3.74. The maximum Gasteiger partial charge on any atom is 0.387 e. The monoisotopic (exact) mass is 283 g/mol. The minimum Gasteiger partial charge on any atom is -0.493 e. The maximum atomic E-state index is 12.3. The molecule has 0 spiro atoms. The highest BCUT2D eigenvalue weighted by molar-refractivity contribution is 5.93. The molecule has 1 rings (SSSR count). The van der Waals surface area contributed by atoms with Crippen molar-refractivity contribution in [2.45, 2.75) is 20.0 Å². The van der Waals surface area contributed by atoms with Crippen LogP contribution in [-0.4, -0.2) is 26.2 Å². The van der Waals surface area contributed by atoms with Crippen LogP contribution >= 0.6 is 0 Å². The van der Waals surface area contributed by atoms with Crippen LogP contribution in [0.25, 0.3) is 0 Å². The molecule has 0 unspecified atom stereocenters. The fourth-order valence-corrected chi connectivity index (χ4v) is 1.54. The van der Waals surface area contributed by atoms with E-state index in [9.17, 15) is 13.6 Å². The van der Waals surface area contributed by atoms with Crippen molar-refractivity contribution in [1.29, 1.82) is 0 Å². The molecule has 1 aromatic rings. The Morgan fingerprint density at radius 1 is 1.40 bits per heavy atom. The Morgan fingerprint density at radius 2 is 2.15 bits per heavy atom. The van der Waals surface area contributed by atoms with Crippen LogP contribution < -0.4 is 14.8 Å². The average Bonchev–Trinajstić information content (AvgIpc) is 2.38. The summed E-state index contributed by atoms with van der Waals surface area (Å²) >= 11 is 0. The third kappa shape index (κ3) is 5.14. The van der Waals surface area contributed by atoms with E-state index in [4.69, 9.17) is 4.74 Å². The Morgan fingerprint density at radius 3 is 2.75 bits per heavy atom. The number of hydrogen-bond donors (Lipinski definition) is 1. The first-order valence-electron chi connectivity index (χ1n) is 5.89. The van der Waals surface area contributed by atoms with Crippen LogP contribution in [0.2, 0.25) is 0 Å². The quantitative estimate of drug-likeness (QED) is 0.812. The highest BCUT2D eigenvalue weighted by Crippen LogP contribution is 2.29. The second kappa shape index (κ2) is 8.00. The molecule has 0 aliphatic heterocycles. The average molecular weight is 283 g/mol. The molecule has 0 aliphatic rings. The summed E-state index contributed by atoms with van der Waals surface area (Å²) in [6.45, 7) is -0.996. The lowest BCUT2D eigenvalue weighted by Crippen LogP contribution is -2.23. The van der Waals surface area contributed by atoms with Crippen molar-refractivity contribution in [2.24, 2.45) is 0 Å². The largest absolute Gasteiger partial charge is 0.493 e. The van der Waals surface area contributed by atoms with Crippen LogP contribution in [0.4, 0.5) is 8.78 Å². The number of benzene rings is 1. The van der Waals surface area contributed by atoms with Crippen LogP contribution in [-0.2, 0) is 11.2 Å². The van der Waals surface area contributed by atoms with Gasteiger partial charge in [0.15, 0.2) is 11.5 Å². The van der Waals surface area contributed by atoms with Crippen LogP contribution in [0, 0.1) is 11.8 Å². The number of carbonyl (C=O) groups excluding carboxylic acids is 1. The third-order valence-electron chi connectivity index (χ3n) is 2.38. The Hall–Kier alpha value is -2.29. The Labute approximate surface area is 116 Å². The van der Waals surface area contributed by atoms with E-state index in [1.165, 1.54) is 13.2 Å². The van der Waals surface area contributed by atoms with Crippen LogP contribution in [0.3, 0.4) is 0 Å². The van der Waals surface area contributed by atoms with Gasteiger partial charge in [0.1, 0.15) is 0 Å². The first-order valence-corrected chi connectivity index (χ1v) is 5.89. The van der Waals surface area contributed by atoms with Gasteiger partial charge >= 0.3 is 6.61 Å². The Balaban J connectivity index is 2.66. The number of amides is 1. The standard InChI is InChI=1S/C14H15F2NO3/c1-3-4-13(18)17-8-7-10-5-6-11(19-2)12(9-10)20-14(15)16/h5-6,9,14H,7-8H2,1-2H3,(H,17,18). The highest BCUT2D eigenvalue weighted by Gasteiger charge is 2.11. The number of hydrogen-bond acceptors (Lipinski definition) is 3. The molecule has 1 amide bonds. The van der Waals surface area contributed by atoms with Crippen molar-refractivity contribution in [3.05, 3.63) is 23.8 Å². The van der Waals surface area contributed by atoms with Crippen LogP contribution in [0.1, 0.15) is 12.5 Å². The third-order valence-corrected chi connectivity index (χ3v) is 2.38. The number of halogens is 2. The van der Waals surface area contributed by atoms with Crippen LogP contribution in [0.5, 0.6) is 11.5 Å². The van der Waals surface area contributed by atoms with Crippen LogP contribution in [0.15, 0.2) is 18.2 Å². The van der Waals surface area contributed by atoms with Gasteiger partial charge in [-0.3, -0.25) is 4.79 Å². The van der Waals surface area contributed by atoms with Gasteiger partial charge < -0.3 is 14.8 Å². The van der Waals surface area contributed by atoms with E-state index >= 15 is 0 Å². The number of rotatable bonds is 6. The zero-order chi connectivity index (χ0) is 15.0. The molecule has 0 aromatic heterocycles. The fourth-order valence-electron chi connectivity index (χ4n) is 1.54. The molecular formula is C14H15F2NO3. The smallest absolute Gasteiger partial charge is 0.387 e. The summed E-state index contributed by atoms with van der Waals surface area (Å²) in [7, 11) is 1.37. The molecule has 20 heavy (non-hydrogen) atoms. The summed E-state index contributed by atoms with van der Waals surface area (Å²) in [4.78, 5) is 11.1. The molecule has 1 N–H and O–H groups in total. The van der Waals surface area contributed by atoms with E-state index < -0.39 is 6.61 Å². The summed E-state index contributed by atoms with van der Waals surface area (Å²) in [6, 6.07) is 4.72. The fraction of sp³-hybridized carbons (Fsp3) is 0.357. The summed E-state index contributed by atoms with van der Waals surface area (Å²) < 4.78 is 33.8. The van der Waals surface area contributed by atoms with E-state index in [2.05, 4.69) is 21.9 Å². The highest BCUT2D eigenvalue weighted by atomic mass is 19.3. The van der Waals surface area contributed by atoms with E-state index in [1.54, 1.807) is 19.1 Å². The SMILES string of the molecule is CC#CC(=O)NCCc1ccc(OC)c(OC(F)F)c1. The van der Waals surface area contributed by atoms with Crippen molar-refractivity contribution < 1.29 is 23.0 Å². The van der Waals surface area contributed by atoms with E-state index in [0.717, 1.165) is 5.56 Å². The number of alkyl halides is 2. The topological polar surface area (TPSA) is 47.6 Å². The second-order valence-electron chi connectivity index (χ2n) is 3.74. The molecule has 0 radical (unpaired) electrons. The lowest BCUT2D eigenvalue weighted by molar-refractivity contribution is -0.115. The number of methoxy groups -OCH3 is 1. The first kappa shape index (κ1) is 15.8. The molecule has 0 atom stereocenters. The molecule has 4 nitrogen and oxygen atoms in total.